The molecule has 38 heavy (non-hydrogen) atoms. The first-order valence-electron chi connectivity index (χ1n) is 12.9. The molecular weight excluding hydrogens is 516 g/mol. The SMILES string of the molecule is Cn1ccnc1CN(C(=O)[C@H]1C[C@@H]1c1ccccc1)c1ccc2c(c1)[C@H](NS(=O)(=O)c1cccs1)CCC2. The Morgan fingerprint density at radius 1 is 1.16 bits per heavy atom. The molecule has 2 heterocycles. The molecule has 2 aliphatic rings. The number of anilines is 1. The summed E-state index contributed by atoms with van der Waals surface area (Å²) in [6.45, 7) is 0.352. The number of aromatic nitrogens is 2. The Hall–Kier alpha value is -3.27. The zero-order valence-corrected chi connectivity index (χ0v) is 22.8. The van der Waals surface area contributed by atoms with Gasteiger partial charge in [-0.25, -0.2) is 18.1 Å². The minimum Gasteiger partial charge on any atom is -0.337 e. The van der Waals surface area contributed by atoms with Gasteiger partial charge in [-0.05, 0) is 71.9 Å². The molecule has 4 aromatic rings. The zero-order chi connectivity index (χ0) is 26.3. The van der Waals surface area contributed by atoms with Gasteiger partial charge in [0.05, 0.1) is 6.54 Å². The first-order valence-corrected chi connectivity index (χ1v) is 15.3. The molecular formula is C29H30N4O3S2. The van der Waals surface area contributed by atoms with E-state index >= 15 is 0 Å². The number of amides is 1. The highest BCUT2D eigenvalue weighted by atomic mass is 32.2. The average molecular weight is 547 g/mol. The lowest BCUT2D eigenvalue weighted by Crippen LogP contribution is -2.34. The molecule has 1 N–H and O–H groups in total. The van der Waals surface area contributed by atoms with Crippen molar-refractivity contribution in [2.24, 2.45) is 13.0 Å². The van der Waals surface area contributed by atoms with Crippen molar-refractivity contribution in [2.75, 3.05) is 4.90 Å². The topological polar surface area (TPSA) is 84.3 Å². The van der Waals surface area contributed by atoms with E-state index in [0.29, 0.717) is 17.2 Å². The standard InChI is InChI=1S/C29H30N4O3S2/c1-32-15-14-30-27(32)19-33(29(34)25-18-23(25)20-7-3-2-4-8-20)22-13-12-21-9-5-10-26(24(21)17-22)31-38(35,36)28-11-6-16-37-28/h2-4,6-8,11-17,23,25-26,31H,5,9-10,18-19H2,1H3/t23-,25+,26-/m1/s1. The van der Waals surface area contributed by atoms with E-state index in [4.69, 9.17) is 0 Å². The van der Waals surface area contributed by atoms with E-state index in [-0.39, 0.29) is 23.8 Å². The number of imidazole rings is 1. The quantitative estimate of drug-likeness (QED) is 0.330. The summed E-state index contributed by atoms with van der Waals surface area (Å²) < 4.78 is 31.3. The molecule has 1 saturated carbocycles. The van der Waals surface area contributed by atoms with Gasteiger partial charge in [-0.15, -0.1) is 11.3 Å². The van der Waals surface area contributed by atoms with Crippen molar-refractivity contribution in [3.8, 4) is 0 Å². The molecule has 0 radical (unpaired) electrons. The monoisotopic (exact) mass is 546 g/mol. The number of rotatable bonds is 8. The lowest BCUT2D eigenvalue weighted by Gasteiger charge is -2.29. The summed E-state index contributed by atoms with van der Waals surface area (Å²) in [5.74, 6) is 1.01. The van der Waals surface area contributed by atoms with Crippen molar-refractivity contribution >= 4 is 33.0 Å². The molecule has 196 valence electrons. The molecule has 2 aliphatic carbocycles. The van der Waals surface area contributed by atoms with Crippen LogP contribution < -0.4 is 9.62 Å². The van der Waals surface area contributed by atoms with Crippen LogP contribution in [-0.4, -0.2) is 23.9 Å². The number of benzene rings is 2. The van der Waals surface area contributed by atoms with Crippen LogP contribution in [0.3, 0.4) is 0 Å². The number of fused-ring (bicyclic) bond motifs is 1. The van der Waals surface area contributed by atoms with Gasteiger partial charge in [0.1, 0.15) is 10.0 Å². The van der Waals surface area contributed by atoms with E-state index in [2.05, 4.69) is 27.9 Å². The van der Waals surface area contributed by atoms with Crippen molar-refractivity contribution in [2.45, 2.75) is 48.4 Å². The van der Waals surface area contributed by atoms with Gasteiger partial charge in [0.2, 0.25) is 5.91 Å². The molecule has 9 heteroatoms. The van der Waals surface area contributed by atoms with Gasteiger partial charge in [0.15, 0.2) is 0 Å². The molecule has 3 atom stereocenters. The molecule has 0 aliphatic heterocycles. The Labute approximate surface area is 227 Å². The van der Waals surface area contributed by atoms with Crippen LogP contribution in [-0.2, 0) is 34.8 Å². The van der Waals surface area contributed by atoms with Crippen molar-refractivity contribution in [3.63, 3.8) is 0 Å². The average Bonchev–Trinajstić information content (AvgIpc) is 3.30. The Balaban J connectivity index is 1.32. The smallest absolute Gasteiger partial charge is 0.250 e. The van der Waals surface area contributed by atoms with Gasteiger partial charge in [0.25, 0.3) is 10.0 Å². The van der Waals surface area contributed by atoms with Gasteiger partial charge in [-0.3, -0.25) is 4.79 Å². The second kappa shape index (κ2) is 10.1. The third-order valence-corrected chi connectivity index (χ3v) is 10.5. The van der Waals surface area contributed by atoms with Crippen molar-refractivity contribution in [3.05, 3.63) is 101 Å². The van der Waals surface area contributed by atoms with E-state index in [1.54, 1.807) is 23.7 Å². The molecule has 7 nitrogen and oxygen atoms in total. The minimum absolute atomic E-state index is 0.0772. The number of carbonyl (C=O) groups excluding carboxylic acids is 1. The van der Waals surface area contributed by atoms with Crippen LogP contribution in [0.4, 0.5) is 5.69 Å². The van der Waals surface area contributed by atoms with Gasteiger partial charge in [-0.2, -0.15) is 0 Å². The highest BCUT2D eigenvalue weighted by molar-refractivity contribution is 7.91. The predicted molar refractivity (Wildman–Crippen MR) is 148 cm³/mol. The predicted octanol–water partition coefficient (Wildman–Crippen LogP) is 5.17. The summed E-state index contributed by atoms with van der Waals surface area (Å²) in [4.78, 5) is 20.2. The summed E-state index contributed by atoms with van der Waals surface area (Å²) in [5.41, 5.74) is 4.03. The minimum atomic E-state index is -3.62. The number of carbonyl (C=O) groups is 1. The van der Waals surface area contributed by atoms with Crippen LogP contribution >= 0.6 is 11.3 Å². The largest absolute Gasteiger partial charge is 0.337 e. The number of aryl methyl sites for hydroxylation is 2. The second-order valence-electron chi connectivity index (χ2n) is 10.1. The molecule has 0 bridgehead atoms. The van der Waals surface area contributed by atoms with Crippen LogP contribution in [0.15, 0.2) is 82.6 Å². The maximum absolute atomic E-state index is 13.9. The highest BCUT2D eigenvalue weighted by Crippen LogP contribution is 2.49. The molecule has 1 amide bonds. The number of nitrogens with one attached hydrogen (secondary N) is 1. The third kappa shape index (κ3) is 4.93. The Morgan fingerprint density at radius 3 is 2.74 bits per heavy atom. The van der Waals surface area contributed by atoms with Gasteiger partial charge < -0.3 is 9.47 Å². The second-order valence-corrected chi connectivity index (χ2v) is 13.0. The molecule has 1 fully saturated rings. The number of hydrogen-bond donors (Lipinski definition) is 1. The lowest BCUT2D eigenvalue weighted by molar-refractivity contribution is -0.120. The summed E-state index contributed by atoms with van der Waals surface area (Å²) in [7, 11) is -1.69. The number of hydrogen-bond acceptors (Lipinski definition) is 5. The molecule has 0 spiro atoms. The van der Waals surface area contributed by atoms with Crippen LogP contribution in [0.2, 0.25) is 0 Å². The summed E-state index contributed by atoms with van der Waals surface area (Å²) in [5, 5.41) is 1.77. The fraction of sp³-hybridized carbons (Fsp3) is 0.310. The summed E-state index contributed by atoms with van der Waals surface area (Å²) >= 11 is 1.21. The van der Waals surface area contributed by atoms with E-state index in [0.717, 1.165) is 41.9 Å². The molecule has 6 rings (SSSR count). The number of sulfonamides is 1. The van der Waals surface area contributed by atoms with E-state index in [9.17, 15) is 13.2 Å². The van der Waals surface area contributed by atoms with E-state index < -0.39 is 10.0 Å². The van der Waals surface area contributed by atoms with Crippen molar-refractivity contribution in [1.82, 2.24) is 14.3 Å². The Kier molecular flexibility index (Phi) is 6.67. The fourth-order valence-corrected chi connectivity index (χ4v) is 7.72. The number of nitrogens with zero attached hydrogens (tertiary/aromatic N) is 3. The summed E-state index contributed by atoms with van der Waals surface area (Å²) in [6.07, 6.45) is 6.95. The molecule has 2 aromatic heterocycles. The zero-order valence-electron chi connectivity index (χ0n) is 21.2. The van der Waals surface area contributed by atoms with Crippen LogP contribution in [0.25, 0.3) is 0 Å². The molecule has 0 unspecified atom stereocenters. The lowest BCUT2D eigenvalue weighted by atomic mass is 9.87. The molecule has 0 saturated heterocycles. The third-order valence-electron chi connectivity index (χ3n) is 7.63. The maximum Gasteiger partial charge on any atom is 0.250 e. The first kappa shape index (κ1) is 25.0. The fourth-order valence-electron chi connectivity index (χ4n) is 5.46. The van der Waals surface area contributed by atoms with Crippen molar-refractivity contribution < 1.29 is 13.2 Å². The van der Waals surface area contributed by atoms with E-state index in [1.807, 2.05) is 53.0 Å². The maximum atomic E-state index is 13.9. The summed E-state index contributed by atoms with van der Waals surface area (Å²) in [6, 6.07) is 19.3. The van der Waals surface area contributed by atoms with Gasteiger partial charge in [-0.1, -0.05) is 42.5 Å². The van der Waals surface area contributed by atoms with Crippen molar-refractivity contribution in [1.29, 1.82) is 0 Å². The Morgan fingerprint density at radius 2 is 2.00 bits per heavy atom. The normalized spacial score (nSPS) is 20.6. The van der Waals surface area contributed by atoms with Gasteiger partial charge >= 0.3 is 0 Å². The van der Waals surface area contributed by atoms with Crippen LogP contribution in [0, 0.1) is 5.92 Å². The highest BCUT2D eigenvalue weighted by Gasteiger charge is 2.46. The van der Waals surface area contributed by atoms with Crippen LogP contribution in [0.1, 0.15) is 53.7 Å². The van der Waals surface area contributed by atoms with Crippen LogP contribution in [0.5, 0.6) is 0 Å². The van der Waals surface area contributed by atoms with E-state index in [1.165, 1.54) is 16.9 Å². The Bertz CT molecular complexity index is 1550. The van der Waals surface area contributed by atoms with Gasteiger partial charge in [0, 0.05) is 37.1 Å². The number of thiophene rings is 1. The molecule has 2 aromatic carbocycles. The first-order chi connectivity index (χ1) is 18.4.